The van der Waals surface area contributed by atoms with Crippen LogP contribution in [0.2, 0.25) is 0 Å². The summed E-state index contributed by atoms with van der Waals surface area (Å²) in [6.45, 7) is 0. The highest BCUT2D eigenvalue weighted by Gasteiger charge is 2.33. The van der Waals surface area contributed by atoms with Gasteiger partial charge in [-0.15, -0.1) is 0 Å². The molecule has 4 nitrogen and oxygen atoms in total. The summed E-state index contributed by atoms with van der Waals surface area (Å²) in [5, 5.41) is 10.6. The van der Waals surface area contributed by atoms with Crippen LogP contribution in [0.5, 0.6) is 0 Å². The van der Waals surface area contributed by atoms with Crippen molar-refractivity contribution < 1.29 is 14.9 Å². The standard InChI is InChI=1S/C15H13NO3/c1-16-12-8-4-2-6-10(12)14(15(17)19-18)11-7-3-5-9-13(11)16/h2-9,14,18H,1H3/p-1. The summed E-state index contributed by atoms with van der Waals surface area (Å²) in [5.74, 6) is -1.42. The maximum atomic E-state index is 11.8. The first-order chi connectivity index (χ1) is 9.24. The van der Waals surface area contributed by atoms with Crippen molar-refractivity contribution in [1.82, 2.24) is 0 Å². The van der Waals surface area contributed by atoms with Crippen molar-refractivity contribution in [3.8, 4) is 0 Å². The Morgan fingerprint density at radius 3 is 2.00 bits per heavy atom. The van der Waals surface area contributed by atoms with Crippen molar-refractivity contribution in [2.75, 3.05) is 11.9 Å². The molecule has 2 aromatic rings. The molecule has 1 heterocycles. The second kappa shape index (κ2) is 4.40. The molecule has 0 saturated carbocycles. The second-order valence-corrected chi connectivity index (χ2v) is 4.51. The molecule has 0 N–H and O–H groups in total. The van der Waals surface area contributed by atoms with Crippen LogP contribution in [-0.4, -0.2) is 13.0 Å². The lowest BCUT2D eigenvalue weighted by Crippen LogP contribution is -2.29. The van der Waals surface area contributed by atoms with Crippen LogP contribution in [0, 0.1) is 0 Å². The highest BCUT2D eigenvalue weighted by Crippen LogP contribution is 2.44. The molecule has 0 bridgehead atoms. The number of para-hydroxylation sites is 2. The van der Waals surface area contributed by atoms with Crippen LogP contribution in [0.4, 0.5) is 11.4 Å². The maximum absolute atomic E-state index is 11.8. The first kappa shape index (κ1) is 11.7. The fourth-order valence-electron chi connectivity index (χ4n) is 2.67. The van der Waals surface area contributed by atoms with E-state index in [9.17, 15) is 10.1 Å². The zero-order valence-electron chi connectivity index (χ0n) is 10.4. The first-order valence-corrected chi connectivity index (χ1v) is 5.99. The molecule has 96 valence electrons. The van der Waals surface area contributed by atoms with Crippen LogP contribution < -0.4 is 10.2 Å². The van der Waals surface area contributed by atoms with Gasteiger partial charge in [0.1, 0.15) is 5.92 Å². The molecule has 3 rings (SSSR count). The highest BCUT2D eigenvalue weighted by atomic mass is 17.1. The first-order valence-electron chi connectivity index (χ1n) is 5.99. The van der Waals surface area contributed by atoms with E-state index in [2.05, 4.69) is 4.89 Å². The SMILES string of the molecule is CN1c2ccccc2C(C(=O)O[O-])c2ccccc21. The van der Waals surface area contributed by atoms with Gasteiger partial charge in [-0.05, 0) is 23.3 Å². The van der Waals surface area contributed by atoms with Gasteiger partial charge in [0.15, 0.2) is 0 Å². The van der Waals surface area contributed by atoms with Crippen molar-refractivity contribution in [2.45, 2.75) is 5.92 Å². The van der Waals surface area contributed by atoms with E-state index in [1.165, 1.54) is 0 Å². The Morgan fingerprint density at radius 2 is 1.53 bits per heavy atom. The van der Waals surface area contributed by atoms with Crippen LogP contribution in [0.1, 0.15) is 17.0 Å². The van der Waals surface area contributed by atoms with Crippen molar-refractivity contribution in [3.63, 3.8) is 0 Å². The van der Waals surface area contributed by atoms with E-state index in [-0.39, 0.29) is 0 Å². The van der Waals surface area contributed by atoms with Gasteiger partial charge in [0.25, 0.3) is 0 Å². The number of nitrogens with zero attached hydrogens (tertiary/aromatic N) is 1. The molecule has 0 amide bonds. The monoisotopic (exact) mass is 254 g/mol. The summed E-state index contributed by atoms with van der Waals surface area (Å²) in [6, 6.07) is 15.1. The lowest BCUT2D eigenvalue weighted by atomic mass is 9.85. The lowest BCUT2D eigenvalue weighted by molar-refractivity contribution is -0.657. The molecule has 4 heteroatoms. The van der Waals surface area contributed by atoms with Crippen LogP contribution in [0.3, 0.4) is 0 Å². The van der Waals surface area contributed by atoms with Gasteiger partial charge in [0.2, 0.25) is 0 Å². The molecule has 1 aliphatic heterocycles. The lowest BCUT2D eigenvalue weighted by Gasteiger charge is -2.34. The molecule has 0 unspecified atom stereocenters. The van der Waals surface area contributed by atoms with E-state index in [1.807, 2.05) is 60.5 Å². The van der Waals surface area contributed by atoms with E-state index in [0.717, 1.165) is 22.5 Å². The summed E-state index contributed by atoms with van der Waals surface area (Å²) in [7, 11) is 1.94. The average Bonchev–Trinajstić information content (AvgIpc) is 2.47. The van der Waals surface area contributed by atoms with Crippen LogP contribution in [-0.2, 0) is 9.68 Å². The predicted molar refractivity (Wildman–Crippen MR) is 68.9 cm³/mol. The van der Waals surface area contributed by atoms with Gasteiger partial charge >= 0.3 is 5.97 Å². The number of carbonyl (C=O) groups is 1. The van der Waals surface area contributed by atoms with Crippen molar-refractivity contribution in [2.24, 2.45) is 0 Å². The van der Waals surface area contributed by atoms with Crippen molar-refractivity contribution >= 4 is 17.3 Å². The van der Waals surface area contributed by atoms with E-state index < -0.39 is 11.9 Å². The summed E-state index contributed by atoms with van der Waals surface area (Å²) >= 11 is 0. The van der Waals surface area contributed by atoms with E-state index >= 15 is 0 Å². The summed E-state index contributed by atoms with van der Waals surface area (Å²) < 4.78 is 0. The quantitative estimate of drug-likeness (QED) is 0.574. The summed E-state index contributed by atoms with van der Waals surface area (Å²) in [4.78, 5) is 17.6. The highest BCUT2D eigenvalue weighted by molar-refractivity contribution is 5.90. The molecule has 0 radical (unpaired) electrons. The molecule has 19 heavy (non-hydrogen) atoms. The fraction of sp³-hybridized carbons (Fsp3) is 0.133. The predicted octanol–water partition coefficient (Wildman–Crippen LogP) is 1.72. The molecule has 0 atom stereocenters. The number of hydrogen-bond acceptors (Lipinski definition) is 4. The molecule has 2 aromatic carbocycles. The smallest absolute Gasteiger partial charge is 0.312 e. The number of rotatable bonds is 1. The average molecular weight is 254 g/mol. The zero-order valence-corrected chi connectivity index (χ0v) is 10.4. The zero-order chi connectivity index (χ0) is 13.4. The topological polar surface area (TPSA) is 52.6 Å². The second-order valence-electron chi connectivity index (χ2n) is 4.51. The van der Waals surface area contributed by atoms with Gasteiger partial charge in [-0.1, -0.05) is 36.4 Å². The van der Waals surface area contributed by atoms with Gasteiger partial charge in [-0.2, -0.15) is 0 Å². The fourth-order valence-corrected chi connectivity index (χ4v) is 2.67. The number of carbonyl (C=O) groups excluding carboxylic acids is 1. The Labute approximate surface area is 110 Å². The number of hydrogen-bond donors (Lipinski definition) is 0. The Bertz CT molecular complexity index is 591. The van der Waals surface area contributed by atoms with E-state index in [4.69, 9.17) is 0 Å². The van der Waals surface area contributed by atoms with Crippen molar-refractivity contribution in [1.29, 1.82) is 0 Å². The third kappa shape index (κ3) is 1.69. The number of benzene rings is 2. The molecule has 0 saturated heterocycles. The normalized spacial score (nSPS) is 13.7. The Morgan fingerprint density at radius 1 is 1.05 bits per heavy atom. The third-order valence-electron chi connectivity index (χ3n) is 3.54. The Balaban J connectivity index is 2.26. The minimum Gasteiger partial charge on any atom is -0.662 e. The largest absolute Gasteiger partial charge is 0.662 e. The molecular weight excluding hydrogens is 242 g/mol. The third-order valence-corrected chi connectivity index (χ3v) is 3.54. The Hall–Kier alpha value is -2.33. The minimum absolute atomic E-state index is 0.652. The van der Waals surface area contributed by atoms with E-state index in [0.29, 0.717) is 0 Å². The number of anilines is 2. The van der Waals surface area contributed by atoms with Gasteiger partial charge in [-0.25, -0.2) is 0 Å². The van der Waals surface area contributed by atoms with Crippen molar-refractivity contribution in [3.05, 3.63) is 59.7 Å². The van der Waals surface area contributed by atoms with Gasteiger partial charge in [-0.3, -0.25) is 4.79 Å². The number of fused-ring (bicyclic) bond motifs is 2. The minimum atomic E-state index is -0.770. The Kier molecular flexibility index (Phi) is 2.72. The molecule has 0 spiro atoms. The van der Waals surface area contributed by atoms with Gasteiger partial charge in [0.05, 0.1) is 0 Å². The molecule has 0 aromatic heterocycles. The molecular formula is C15H12NO3-. The van der Waals surface area contributed by atoms with Gasteiger partial charge in [0, 0.05) is 18.4 Å². The van der Waals surface area contributed by atoms with Crippen LogP contribution in [0.25, 0.3) is 0 Å². The van der Waals surface area contributed by atoms with Crippen LogP contribution >= 0.6 is 0 Å². The summed E-state index contributed by atoms with van der Waals surface area (Å²) in [6.07, 6.45) is 0. The molecule has 1 aliphatic rings. The summed E-state index contributed by atoms with van der Waals surface area (Å²) in [5.41, 5.74) is 3.42. The molecule has 0 aliphatic carbocycles. The maximum Gasteiger partial charge on any atom is 0.312 e. The molecule has 0 fully saturated rings. The van der Waals surface area contributed by atoms with Gasteiger partial charge < -0.3 is 15.0 Å². The van der Waals surface area contributed by atoms with E-state index in [1.54, 1.807) is 0 Å². The van der Waals surface area contributed by atoms with Crippen LogP contribution in [0.15, 0.2) is 48.5 Å².